The molecule has 0 unspecified atom stereocenters. The van der Waals surface area contributed by atoms with E-state index in [0.29, 0.717) is 26.1 Å². The third kappa shape index (κ3) is 28.1. The molecule has 8 heteroatoms. The third-order valence-electron chi connectivity index (χ3n) is 2.68. The Labute approximate surface area is 142 Å². The van der Waals surface area contributed by atoms with E-state index in [1.165, 1.54) is 13.8 Å². The lowest BCUT2D eigenvalue weighted by Gasteiger charge is -2.01. The fourth-order valence-electron chi connectivity index (χ4n) is 1.54. The molecule has 0 aromatic rings. The molecule has 140 valence electrons. The summed E-state index contributed by atoms with van der Waals surface area (Å²) in [5, 5.41) is 16.5. The molecule has 0 rings (SSSR count). The lowest BCUT2D eigenvalue weighted by Crippen LogP contribution is -2.04. The molecule has 0 aromatic carbocycles. The number of rotatable bonds is 12. The van der Waals surface area contributed by atoms with Crippen molar-refractivity contribution >= 4 is 23.9 Å². The molecule has 0 saturated heterocycles. The molecule has 0 aromatic heterocycles. The maximum absolute atomic E-state index is 10.3. The Bertz CT molecular complexity index is 306. The van der Waals surface area contributed by atoms with Crippen molar-refractivity contribution in [2.24, 2.45) is 0 Å². The zero-order valence-electron chi connectivity index (χ0n) is 14.4. The van der Waals surface area contributed by atoms with Crippen LogP contribution in [0.15, 0.2) is 0 Å². The minimum atomic E-state index is -0.784. The van der Waals surface area contributed by atoms with Gasteiger partial charge in [0, 0.05) is 26.7 Å². The van der Waals surface area contributed by atoms with Gasteiger partial charge in [-0.2, -0.15) is 0 Å². The highest BCUT2D eigenvalue weighted by Crippen LogP contribution is 2.04. The van der Waals surface area contributed by atoms with Gasteiger partial charge in [-0.25, -0.2) is 0 Å². The average molecular weight is 348 g/mol. The van der Waals surface area contributed by atoms with E-state index in [-0.39, 0.29) is 24.8 Å². The molecule has 0 radical (unpaired) electrons. The van der Waals surface area contributed by atoms with Crippen molar-refractivity contribution in [2.75, 3.05) is 13.2 Å². The second-order valence-corrected chi connectivity index (χ2v) is 5.09. The highest BCUT2D eigenvalue weighted by molar-refractivity contribution is 5.67. The quantitative estimate of drug-likeness (QED) is 0.406. The highest BCUT2D eigenvalue weighted by atomic mass is 16.5. The fraction of sp³-hybridized carbons (Fsp3) is 0.750. The molecule has 24 heavy (non-hydrogen) atoms. The maximum atomic E-state index is 10.3. The number of carboxylic acids is 2. The van der Waals surface area contributed by atoms with Crippen LogP contribution in [0.5, 0.6) is 0 Å². The zero-order valence-corrected chi connectivity index (χ0v) is 14.4. The van der Waals surface area contributed by atoms with Crippen LogP contribution in [-0.4, -0.2) is 47.3 Å². The van der Waals surface area contributed by atoms with Crippen molar-refractivity contribution < 1.29 is 38.9 Å². The van der Waals surface area contributed by atoms with E-state index in [2.05, 4.69) is 9.47 Å². The Hall–Kier alpha value is -2.12. The number of carboxylic acid groups (broad SMARTS) is 2. The van der Waals surface area contributed by atoms with Gasteiger partial charge in [0.2, 0.25) is 0 Å². The van der Waals surface area contributed by atoms with Gasteiger partial charge in [0.15, 0.2) is 0 Å². The second-order valence-electron chi connectivity index (χ2n) is 5.09. The predicted molar refractivity (Wildman–Crippen MR) is 85.5 cm³/mol. The zero-order chi connectivity index (χ0) is 18.8. The number of ether oxygens (including phenoxy) is 2. The van der Waals surface area contributed by atoms with E-state index in [9.17, 15) is 19.2 Å². The van der Waals surface area contributed by atoms with E-state index >= 15 is 0 Å². The number of carbonyl (C=O) groups is 4. The van der Waals surface area contributed by atoms with Crippen LogP contribution in [0.3, 0.4) is 0 Å². The molecule has 2 N–H and O–H groups in total. The molecule has 0 aliphatic carbocycles. The average Bonchev–Trinajstić information content (AvgIpc) is 2.46. The molecule has 0 bridgehead atoms. The summed E-state index contributed by atoms with van der Waals surface area (Å²) in [5.41, 5.74) is 0. The van der Waals surface area contributed by atoms with Crippen molar-refractivity contribution in [1.29, 1.82) is 0 Å². The number of unbranched alkanes of at least 4 members (excludes halogenated alkanes) is 4. The summed E-state index contributed by atoms with van der Waals surface area (Å²) in [6.45, 7) is 3.53. The molecule has 0 heterocycles. The summed E-state index contributed by atoms with van der Waals surface area (Å²) in [6.07, 6.45) is 4.74. The Kier molecular flexibility index (Phi) is 17.3. The molecule has 0 spiro atoms. The van der Waals surface area contributed by atoms with E-state index < -0.39 is 11.9 Å². The lowest BCUT2D eigenvalue weighted by molar-refractivity contribution is -0.143. The third-order valence-corrected chi connectivity index (χ3v) is 2.68. The monoisotopic (exact) mass is 348 g/mol. The molecule has 0 aliphatic rings. The summed E-state index contributed by atoms with van der Waals surface area (Å²) in [4.78, 5) is 40.6. The summed E-state index contributed by atoms with van der Waals surface area (Å²) in [7, 11) is 0. The number of hydrogen-bond acceptors (Lipinski definition) is 6. The van der Waals surface area contributed by atoms with Crippen LogP contribution in [0, 0.1) is 0 Å². The SMILES string of the molecule is CC(=O)OCCCCOC(C)=O.O=C(O)CCCCCCC(=O)O. The Morgan fingerprint density at radius 1 is 0.625 bits per heavy atom. The first-order valence-electron chi connectivity index (χ1n) is 7.96. The molecule has 0 aliphatic heterocycles. The molecular formula is C16H28O8. The van der Waals surface area contributed by atoms with Gasteiger partial charge in [0.05, 0.1) is 13.2 Å². The Morgan fingerprint density at radius 3 is 1.21 bits per heavy atom. The minimum Gasteiger partial charge on any atom is -0.481 e. The standard InChI is InChI=1S/2C8H14O4/c1-7(9)11-5-3-4-6-12-8(2)10;9-7(10)5-3-1-2-4-6-8(11)12/h3-6H2,1-2H3;1-6H2,(H,9,10)(H,11,12). The van der Waals surface area contributed by atoms with Gasteiger partial charge in [-0.15, -0.1) is 0 Å². The summed E-state index contributed by atoms with van der Waals surface area (Å²) in [6, 6.07) is 0. The van der Waals surface area contributed by atoms with Crippen LogP contribution in [0.4, 0.5) is 0 Å². The first-order valence-corrected chi connectivity index (χ1v) is 7.96. The topological polar surface area (TPSA) is 127 Å². The van der Waals surface area contributed by atoms with Crippen molar-refractivity contribution in [3.05, 3.63) is 0 Å². The fourth-order valence-corrected chi connectivity index (χ4v) is 1.54. The van der Waals surface area contributed by atoms with Crippen LogP contribution >= 0.6 is 0 Å². The number of carbonyl (C=O) groups excluding carboxylic acids is 2. The molecule has 0 amide bonds. The first kappa shape index (κ1) is 24.1. The minimum absolute atomic E-state index is 0.188. The van der Waals surface area contributed by atoms with E-state index in [1.54, 1.807) is 0 Å². The van der Waals surface area contributed by atoms with Gasteiger partial charge in [-0.05, 0) is 25.7 Å². The van der Waals surface area contributed by atoms with Gasteiger partial charge in [-0.3, -0.25) is 19.2 Å². The normalized spacial score (nSPS) is 9.42. The summed E-state index contributed by atoms with van der Waals surface area (Å²) in [5.74, 6) is -2.12. The van der Waals surface area contributed by atoms with Crippen molar-refractivity contribution in [2.45, 2.75) is 65.2 Å². The summed E-state index contributed by atoms with van der Waals surface area (Å²) < 4.78 is 9.34. The van der Waals surface area contributed by atoms with E-state index in [0.717, 1.165) is 25.7 Å². The smallest absolute Gasteiger partial charge is 0.303 e. The molecule has 0 atom stereocenters. The Morgan fingerprint density at radius 2 is 0.958 bits per heavy atom. The van der Waals surface area contributed by atoms with E-state index in [4.69, 9.17) is 10.2 Å². The number of hydrogen-bond donors (Lipinski definition) is 2. The van der Waals surface area contributed by atoms with Crippen LogP contribution in [0.2, 0.25) is 0 Å². The largest absolute Gasteiger partial charge is 0.481 e. The molecular weight excluding hydrogens is 320 g/mol. The second kappa shape index (κ2) is 17.2. The predicted octanol–water partition coefficient (Wildman–Crippen LogP) is 2.39. The summed E-state index contributed by atoms with van der Waals surface area (Å²) >= 11 is 0. The van der Waals surface area contributed by atoms with Gasteiger partial charge in [0.1, 0.15) is 0 Å². The van der Waals surface area contributed by atoms with Crippen molar-refractivity contribution in [3.8, 4) is 0 Å². The van der Waals surface area contributed by atoms with Crippen LogP contribution in [0.1, 0.15) is 65.2 Å². The van der Waals surface area contributed by atoms with Crippen LogP contribution in [0.25, 0.3) is 0 Å². The van der Waals surface area contributed by atoms with E-state index in [1.807, 2.05) is 0 Å². The van der Waals surface area contributed by atoms with Crippen molar-refractivity contribution in [3.63, 3.8) is 0 Å². The number of esters is 2. The van der Waals surface area contributed by atoms with Crippen LogP contribution in [-0.2, 0) is 28.7 Å². The van der Waals surface area contributed by atoms with Gasteiger partial charge >= 0.3 is 23.9 Å². The molecule has 0 saturated carbocycles. The van der Waals surface area contributed by atoms with Gasteiger partial charge in [0.25, 0.3) is 0 Å². The van der Waals surface area contributed by atoms with Gasteiger partial charge in [-0.1, -0.05) is 12.8 Å². The van der Waals surface area contributed by atoms with Gasteiger partial charge < -0.3 is 19.7 Å². The van der Waals surface area contributed by atoms with Crippen LogP contribution < -0.4 is 0 Å². The Balaban J connectivity index is 0. The van der Waals surface area contributed by atoms with Crippen molar-refractivity contribution in [1.82, 2.24) is 0 Å². The highest BCUT2D eigenvalue weighted by Gasteiger charge is 1.98. The number of aliphatic carboxylic acids is 2. The maximum Gasteiger partial charge on any atom is 0.303 e. The lowest BCUT2D eigenvalue weighted by atomic mass is 10.1. The first-order chi connectivity index (χ1) is 11.3. The molecule has 0 fully saturated rings. The molecule has 8 nitrogen and oxygen atoms in total.